The van der Waals surface area contributed by atoms with Gasteiger partial charge < -0.3 is 19.4 Å². The molecule has 9 rings (SSSR count). The summed E-state index contributed by atoms with van der Waals surface area (Å²) in [6.45, 7) is 0. The van der Waals surface area contributed by atoms with Crippen LogP contribution < -0.4 is 9.47 Å². The summed E-state index contributed by atoms with van der Waals surface area (Å²) in [6.07, 6.45) is 3.58. The van der Waals surface area contributed by atoms with Crippen LogP contribution in [0.2, 0.25) is 0 Å². The summed E-state index contributed by atoms with van der Waals surface area (Å²) in [6, 6.07) is 61.8. The Labute approximate surface area is 368 Å². The van der Waals surface area contributed by atoms with E-state index in [0.717, 1.165) is 67.9 Å². The molecule has 0 saturated carbocycles. The van der Waals surface area contributed by atoms with Crippen molar-refractivity contribution in [1.29, 1.82) is 0 Å². The number of pyridine rings is 2. The SMILES string of the molecule is COc1ccc(N=C2C(=Nc3ccc(OC)cc3)c3cccc4cccc2c34)cc1.F[P-](F)(F)(F)(F)F.[Ir+3].[c-]1ccccc1-c1ccccn1.[c-]1ccccc1-c1ccccn1. The topological polar surface area (TPSA) is 69.0 Å². The van der Waals surface area contributed by atoms with Gasteiger partial charge in [0.1, 0.15) is 11.5 Å². The summed E-state index contributed by atoms with van der Waals surface area (Å²) in [5.74, 6) is 1.62. The molecule has 14 heteroatoms. The largest absolute Gasteiger partial charge is 3.00 e. The fraction of sp³-hybridized carbons (Fsp3) is 0.0417. The number of hydrogen-bond acceptors (Lipinski definition) is 6. The minimum Gasteiger partial charge on any atom is -0.305 e. The molecule has 0 amide bonds. The minimum atomic E-state index is -10.7. The Kier molecular flexibility index (Phi) is 14.9. The van der Waals surface area contributed by atoms with Crippen LogP contribution in [0.15, 0.2) is 192 Å². The molecule has 0 radical (unpaired) electrons. The summed E-state index contributed by atoms with van der Waals surface area (Å²) in [5, 5.41) is 2.38. The number of nitrogens with zero attached hydrogens (tertiary/aromatic N) is 4. The number of aliphatic imine (C=N–C) groups is 2. The number of methoxy groups -OCH3 is 2. The smallest absolute Gasteiger partial charge is 0.305 e. The van der Waals surface area contributed by atoms with Gasteiger partial charge in [0.2, 0.25) is 0 Å². The van der Waals surface area contributed by atoms with E-state index in [1.54, 1.807) is 26.6 Å². The van der Waals surface area contributed by atoms with Crippen LogP contribution in [0.4, 0.5) is 36.6 Å². The van der Waals surface area contributed by atoms with Gasteiger partial charge in [0, 0.05) is 28.9 Å². The fourth-order valence-corrected chi connectivity index (χ4v) is 5.94. The molecular formula is C48H36F6IrN4O2P. The van der Waals surface area contributed by atoms with Crippen LogP contribution in [0.5, 0.6) is 11.5 Å². The first-order chi connectivity index (χ1) is 29.1. The van der Waals surface area contributed by atoms with Crippen molar-refractivity contribution < 1.29 is 54.8 Å². The molecule has 0 N–H and O–H groups in total. The van der Waals surface area contributed by atoms with Crippen LogP contribution in [0.1, 0.15) is 11.1 Å². The van der Waals surface area contributed by atoms with Crippen LogP contribution in [0.25, 0.3) is 33.3 Å². The maximum absolute atomic E-state index is 10.7. The minimum absolute atomic E-state index is 0. The number of hydrogen-bond donors (Lipinski definition) is 0. The van der Waals surface area contributed by atoms with Gasteiger partial charge in [-0.2, -0.15) is 0 Å². The number of benzene rings is 6. The van der Waals surface area contributed by atoms with Crippen LogP contribution in [-0.2, 0) is 20.1 Å². The van der Waals surface area contributed by atoms with Crippen LogP contribution >= 0.6 is 7.81 Å². The zero-order valence-electron chi connectivity index (χ0n) is 33.0. The Bertz CT molecular complexity index is 2470. The molecule has 2 heterocycles. The van der Waals surface area contributed by atoms with Gasteiger partial charge in [-0.3, -0.25) is 0 Å². The third-order valence-corrected chi connectivity index (χ3v) is 8.57. The molecular weight excluding hydrogens is 1000 g/mol. The van der Waals surface area contributed by atoms with Gasteiger partial charge in [0.15, 0.2) is 0 Å². The second kappa shape index (κ2) is 19.9. The van der Waals surface area contributed by atoms with E-state index in [4.69, 9.17) is 19.5 Å². The van der Waals surface area contributed by atoms with E-state index in [2.05, 4.69) is 58.5 Å². The average molecular weight is 1040 g/mol. The number of halogens is 6. The number of ether oxygens (including phenoxy) is 2. The van der Waals surface area contributed by atoms with E-state index in [-0.39, 0.29) is 20.1 Å². The standard InChI is InChI=1S/C26H20N2O2.2C11H8N.F6P.Ir/c1-29-20-13-9-18(10-14-20)27-25-22-7-3-5-17-6-4-8-23(24(17)22)26(25)28-19-11-15-21(30-2)16-12-19;2*1-2-6-10(7-3-1)11-8-4-5-9-12-11;1-7(2,3,4,5)6;/h3-16H,1-2H3;2*1-6,8-9H;;/q;3*-1;+3. The molecule has 0 atom stereocenters. The zero-order chi connectivity index (χ0) is 43.4. The second-order valence-electron chi connectivity index (χ2n) is 13.0. The number of aromatic nitrogens is 2. The van der Waals surface area contributed by atoms with Crippen molar-refractivity contribution in [3.05, 3.63) is 206 Å². The third kappa shape index (κ3) is 14.3. The van der Waals surface area contributed by atoms with Crippen molar-refractivity contribution in [3.8, 4) is 34.0 Å². The molecule has 0 aliphatic heterocycles. The van der Waals surface area contributed by atoms with Gasteiger partial charge in [-0.15, -0.1) is 71.8 Å². The van der Waals surface area contributed by atoms with Gasteiger partial charge in [-0.1, -0.05) is 60.7 Å². The summed E-state index contributed by atoms with van der Waals surface area (Å²) in [4.78, 5) is 18.4. The predicted molar refractivity (Wildman–Crippen MR) is 233 cm³/mol. The summed E-state index contributed by atoms with van der Waals surface area (Å²) in [7, 11) is -7.33. The van der Waals surface area contributed by atoms with Crippen LogP contribution in [0, 0.1) is 12.1 Å². The normalized spacial score (nSPS) is 13.7. The maximum atomic E-state index is 9.87. The van der Waals surface area contributed by atoms with Gasteiger partial charge >= 0.3 is 53.1 Å². The van der Waals surface area contributed by atoms with E-state index in [9.17, 15) is 25.2 Å². The molecule has 1 aliphatic rings. The Hall–Kier alpha value is -6.52. The average Bonchev–Trinajstić information content (AvgIpc) is 3.57. The molecule has 6 nitrogen and oxygen atoms in total. The Balaban J connectivity index is 0.000000186. The molecule has 8 aromatic rings. The second-order valence-corrected chi connectivity index (χ2v) is 14.9. The summed E-state index contributed by atoms with van der Waals surface area (Å²) in [5.41, 5.74) is 9.70. The van der Waals surface area contributed by atoms with Gasteiger partial charge in [0.05, 0.1) is 37.0 Å². The van der Waals surface area contributed by atoms with Gasteiger partial charge in [-0.25, -0.2) is 9.98 Å². The molecule has 2 aromatic heterocycles. The Morgan fingerprint density at radius 3 is 1.18 bits per heavy atom. The van der Waals surface area contributed by atoms with E-state index in [1.165, 1.54) is 10.8 Å². The van der Waals surface area contributed by atoms with E-state index < -0.39 is 7.81 Å². The van der Waals surface area contributed by atoms with Crippen LogP contribution in [-0.4, -0.2) is 35.6 Å². The summed E-state index contributed by atoms with van der Waals surface area (Å²) < 4.78 is 69.7. The van der Waals surface area contributed by atoms with Crippen molar-refractivity contribution >= 4 is 41.4 Å². The van der Waals surface area contributed by atoms with Crippen molar-refractivity contribution in [2.45, 2.75) is 0 Å². The van der Waals surface area contributed by atoms with Crippen molar-refractivity contribution in [1.82, 2.24) is 9.97 Å². The monoisotopic (exact) mass is 1040 g/mol. The first-order valence-corrected chi connectivity index (χ1v) is 20.5. The van der Waals surface area contributed by atoms with Crippen molar-refractivity contribution in [2.24, 2.45) is 9.98 Å². The first-order valence-electron chi connectivity index (χ1n) is 18.5. The van der Waals surface area contributed by atoms with Crippen LogP contribution in [0.3, 0.4) is 0 Å². The maximum Gasteiger partial charge on any atom is 3.00 e. The summed E-state index contributed by atoms with van der Waals surface area (Å²) >= 11 is 0. The predicted octanol–water partition coefficient (Wildman–Crippen LogP) is 14.6. The third-order valence-electron chi connectivity index (χ3n) is 8.57. The molecule has 0 unspecified atom stereocenters. The van der Waals surface area contributed by atoms with E-state index in [1.807, 2.05) is 133 Å². The van der Waals surface area contributed by atoms with Gasteiger partial charge in [0.25, 0.3) is 0 Å². The fourth-order valence-electron chi connectivity index (χ4n) is 5.94. The van der Waals surface area contributed by atoms with E-state index in [0.29, 0.717) is 0 Å². The molecule has 6 aromatic carbocycles. The molecule has 62 heavy (non-hydrogen) atoms. The zero-order valence-corrected chi connectivity index (χ0v) is 36.3. The first kappa shape index (κ1) is 46.5. The Morgan fingerprint density at radius 2 is 0.855 bits per heavy atom. The molecule has 0 bridgehead atoms. The molecule has 0 saturated heterocycles. The van der Waals surface area contributed by atoms with E-state index >= 15 is 0 Å². The van der Waals surface area contributed by atoms with Crippen molar-refractivity contribution in [3.63, 3.8) is 0 Å². The Morgan fingerprint density at radius 1 is 0.468 bits per heavy atom. The number of rotatable bonds is 6. The molecule has 0 fully saturated rings. The van der Waals surface area contributed by atoms with Gasteiger partial charge in [-0.05, 0) is 77.4 Å². The van der Waals surface area contributed by atoms with Crippen molar-refractivity contribution in [2.75, 3.05) is 14.2 Å². The quantitative estimate of drug-likeness (QED) is 0.0945. The molecule has 1 aliphatic carbocycles. The molecule has 0 spiro atoms. The molecule has 316 valence electrons.